The molecule has 3 aromatic carbocycles. The molecule has 0 unspecified atom stereocenters. The Morgan fingerprint density at radius 1 is 0.909 bits per heavy atom. The molecule has 3 rings (SSSR count). The number of hydrogen-bond acceptors (Lipinski definition) is 6. The van der Waals surface area contributed by atoms with Crippen molar-refractivity contribution in [1.82, 2.24) is 4.72 Å². The highest BCUT2D eigenvalue weighted by molar-refractivity contribution is 7.89. The van der Waals surface area contributed by atoms with Gasteiger partial charge in [0.1, 0.15) is 12.4 Å². The number of sulfonamides is 1. The Morgan fingerprint density at radius 3 is 2.21 bits per heavy atom. The SMILES string of the molecule is COc1ccc(S(=O)(=O)N[C@H](C)C(=O)Nc2ccc(OCc3ccccc3)cc2)cc1OC. The quantitative estimate of drug-likeness (QED) is 0.469. The van der Waals surface area contributed by atoms with E-state index in [0.717, 1.165) is 5.56 Å². The van der Waals surface area contributed by atoms with Gasteiger partial charge in [-0.05, 0) is 48.9 Å². The summed E-state index contributed by atoms with van der Waals surface area (Å²) in [7, 11) is -1.09. The van der Waals surface area contributed by atoms with E-state index >= 15 is 0 Å². The number of carbonyl (C=O) groups is 1. The van der Waals surface area contributed by atoms with Gasteiger partial charge in [0.05, 0.1) is 25.2 Å². The largest absolute Gasteiger partial charge is 0.493 e. The summed E-state index contributed by atoms with van der Waals surface area (Å²) in [5.74, 6) is 0.821. The Balaban J connectivity index is 1.58. The van der Waals surface area contributed by atoms with Gasteiger partial charge in [-0.25, -0.2) is 8.42 Å². The van der Waals surface area contributed by atoms with Crippen molar-refractivity contribution in [3.63, 3.8) is 0 Å². The lowest BCUT2D eigenvalue weighted by molar-refractivity contribution is -0.117. The second-order valence-corrected chi connectivity index (χ2v) is 8.86. The number of rotatable bonds is 10. The summed E-state index contributed by atoms with van der Waals surface area (Å²) in [6, 6.07) is 19.8. The van der Waals surface area contributed by atoms with Gasteiger partial charge in [-0.15, -0.1) is 0 Å². The minimum atomic E-state index is -3.96. The lowest BCUT2D eigenvalue weighted by Crippen LogP contribution is -2.41. The summed E-state index contributed by atoms with van der Waals surface area (Å²) >= 11 is 0. The van der Waals surface area contributed by atoms with Crippen molar-refractivity contribution in [1.29, 1.82) is 0 Å². The Bertz CT molecular complexity index is 1180. The molecule has 33 heavy (non-hydrogen) atoms. The van der Waals surface area contributed by atoms with Crippen LogP contribution in [-0.2, 0) is 21.4 Å². The summed E-state index contributed by atoms with van der Waals surface area (Å²) in [5.41, 5.74) is 1.56. The van der Waals surface area contributed by atoms with Gasteiger partial charge in [0.15, 0.2) is 11.5 Å². The van der Waals surface area contributed by atoms with Crippen LogP contribution in [0.3, 0.4) is 0 Å². The topological polar surface area (TPSA) is 103 Å². The molecule has 0 heterocycles. The number of carbonyl (C=O) groups excluding carboxylic acids is 1. The van der Waals surface area contributed by atoms with Gasteiger partial charge in [-0.3, -0.25) is 4.79 Å². The maximum Gasteiger partial charge on any atom is 0.242 e. The predicted octanol–water partition coefficient (Wildman–Crippen LogP) is 3.59. The molecule has 0 bridgehead atoms. The van der Waals surface area contributed by atoms with E-state index in [1.165, 1.54) is 39.3 Å². The highest BCUT2D eigenvalue weighted by atomic mass is 32.2. The molecule has 0 saturated carbocycles. The maximum absolute atomic E-state index is 12.7. The molecule has 9 heteroatoms. The second-order valence-electron chi connectivity index (χ2n) is 7.15. The van der Waals surface area contributed by atoms with Crippen LogP contribution in [-0.4, -0.2) is 34.6 Å². The lowest BCUT2D eigenvalue weighted by atomic mass is 10.2. The summed E-state index contributed by atoms with van der Waals surface area (Å²) in [6.07, 6.45) is 0. The second kappa shape index (κ2) is 10.8. The number of amides is 1. The average Bonchev–Trinajstić information content (AvgIpc) is 2.83. The van der Waals surface area contributed by atoms with Crippen molar-refractivity contribution < 1.29 is 27.4 Å². The predicted molar refractivity (Wildman–Crippen MR) is 125 cm³/mol. The molecular weight excluding hydrogens is 444 g/mol. The molecule has 0 aliphatic heterocycles. The Hall–Kier alpha value is -3.56. The molecule has 0 fully saturated rings. The van der Waals surface area contributed by atoms with Gasteiger partial charge in [0.2, 0.25) is 15.9 Å². The molecule has 3 aromatic rings. The van der Waals surface area contributed by atoms with E-state index in [1.807, 2.05) is 30.3 Å². The van der Waals surface area contributed by atoms with Crippen molar-refractivity contribution in [3.05, 3.63) is 78.4 Å². The van der Waals surface area contributed by atoms with E-state index in [2.05, 4.69) is 10.0 Å². The normalized spacial score (nSPS) is 12.0. The Labute approximate surface area is 193 Å². The molecular formula is C24H26N2O6S. The summed E-state index contributed by atoms with van der Waals surface area (Å²) < 4.78 is 43.8. The smallest absolute Gasteiger partial charge is 0.242 e. The van der Waals surface area contributed by atoms with Gasteiger partial charge < -0.3 is 19.5 Å². The van der Waals surface area contributed by atoms with Gasteiger partial charge >= 0.3 is 0 Å². The first-order valence-corrected chi connectivity index (χ1v) is 11.6. The highest BCUT2D eigenvalue weighted by Gasteiger charge is 2.23. The first-order chi connectivity index (χ1) is 15.8. The third-order valence-corrected chi connectivity index (χ3v) is 6.30. The zero-order chi connectivity index (χ0) is 23.8. The molecule has 0 aliphatic rings. The molecule has 8 nitrogen and oxygen atoms in total. The molecule has 1 atom stereocenters. The minimum absolute atomic E-state index is 0.0419. The number of anilines is 1. The zero-order valence-electron chi connectivity index (χ0n) is 18.6. The highest BCUT2D eigenvalue weighted by Crippen LogP contribution is 2.29. The number of ether oxygens (including phenoxy) is 3. The third-order valence-electron chi connectivity index (χ3n) is 4.76. The number of benzene rings is 3. The van der Waals surface area contributed by atoms with Gasteiger partial charge in [0, 0.05) is 11.8 Å². The first kappa shape index (κ1) is 24.1. The average molecular weight is 471 g/mol. The van der Waals surface area contributed by atoms with Crippen LogP contribution in [0, 0.1) is 0 Å². The van der Waals surface area contributed by atoms with Crippen LogP contribution < -0.4 is 24.2 Å². The van der Waals surface area contributed by atoms with Gasteiger partial charge in [-0.2, -0.15) is 4.72 Å². The summed E-state index contributed by atoms with van der Waals surface area (Å²) in [5, 5.41) is 2.69. The fourth-order valence-corrected chi connectivity index (χ4v) is 4.18. The van der Waals surface area contributed by atoms with Crippen molar-refractivity contribution >= 4 is 21.6 Å². The summed E-state index contributed by atoms with van der Waals surface area (Å²) in [6.45, 7) is 1.90. The number of hydrogen-bond donors (Lipinski definition) is 2. The van der Waals surface area contributed by atoms with E-state index in [9.17, 15) is 13.2 Å². The molecule has 0 radical (unpaired) electrons. The molecule has 0 spiro atoms. The standard InChI is InChI=1S/C24H26N2O6S/c1-17(26-33(28,29)21-13-14-22(30-2)23(15-21)31-3)24(27)25-19-9-11-20(12-10-19)32-16-18-7-5-4-6-8-18/h4-15,17,26H,16H2,1-3H3,(H,25,27)/t17-/m1/s1. The van der Waals surface area contributed by atoms with E-state index in [0.29, 0.717) is 23.8 Å². The van der Waals surface area contributed by atoms with Crippen LogP contribution in [0.2, 0.25) is 0 Å². The fraction of sp³-hybridized carbons (Fsp3) is 0.208. The van der Waals surface area contributed by atoms with E-state index in [-0.39, 0.29) is 10.6 Å². The van der Waals surface area contributed by atoms with Gasteiger partial charge in [-0.1, -0.05) is 30.3 Å². The Morgan fingerprint density at radius 2 is 1.58 bits per heavy atom. The molecule has 0 aromatic heterocycles. The number of methoxy groups -OCH3 is 2. The molecule has 0 aliphatic carbocycles. The summed E-state index contributed by atoms with van der Waals surface area (Å²) in [4.78, 5) is 12.5. The molecule has 174 valence electrons. The van der Waals surface area contributed by atoms with Crippen molar-refractivity contribution in [2.24, 2.45) is 0 Å². The van der Waals surface area contributed by atoms with Crippen LogP contribution in [0.1, 0.15) is 12.5 Å². The van der Waals surface area contributed by atoms with E-state index < -0.39 is 22.0 Å². The van der Waals surface area contributed by atoms with Crippen molar-refractivity contribution in [2.75, 3.05) is 19.5 Å². The van der Waals surface area contributed by atoms with Crippen molar-refractivity contribution in [2.45, 2.75) is 24.5 Å². The van der Waals surface area contributed by atoms with Crippen LogP contribution in [0.25, 0.3) is 0 Å². The van der Waals surface area contributed by atoms with Crippen LogP contribution in [0.15, 0.2) is 77.7 Å². The van der Waals surface area contributed by atoms with E-state index in [4.69, 9.17) is 14.2 Å². The monoisotopic (exact) mass is 470 g/mol. The van der Waals surface area contributed by atoms with E-state index in [1.54, 1.807) is 24.3 Å². The minimum Gasteiger partial charge on any atom is -0.493 e. The van der Waals surface area contributed by atoms with Crippen LogP contribution in [0.4, 0.5) is 5.69 Å². The fourth-order valence-electron chi connectivity index (χ4n) is 2.96. The number of nitrogens with one attached hydrogen (secondary N) is 2. The lowest BCUT2D eigenvalue weighted by Gasteiger charge is -2.16. The Kier molecular flexibility index (Phi) is 7.92. The molecule has 1 amide bonds. The zero-order valence-corrected chi connectivity index (χ0v) is 19.4. The molecule has 2 N–H and O–H groups in total. The van der Waals surface area contributed by atoms with Crippen LogP contribution in [0.5, 0.6) is 17.2 Å². The molecule has 0 saturated heterocycles. The van der Waals surface area contributed by atoms with Gasteiger partial charge in [0.25, 0.3) is 0 Å². The maximum atomic E-state index is 12.7. The third kappa shape index (κ3) is 6.47. The van der Waals surface area contributed by atoms with Crippen LogP contribution >= 0.6 is 0 Å². The van der Waals surface area contributed by atoms with Crippen molar-refractivity contribution in [3.8, 4) is 17.2 Å². The first-order valence-electron chi connectivity index (χ1n) is 10.1.